The number of methoxy groups -OCH3 is 1. The Morgan fingerprint density at radius 3 is 2.70 bits per heavy atom. The molecule has 0 saturated carbocycles. The van der Waals surface area contributed by atoms with Crippen molar-refractivity contribution >= 4 is 24.2 Å². The molecule has 0 atom stereocenters. The fourth-order valence-electron chi connectivity index (χ4n) is 3.30. The van der Waals surface area contributed by atoms with Crippen LogP contribution in [0, 0.1) is 6.92 Å². The largest absolute Gasteiger partial charge is 0.453 e. The zero-order valence-corrected chi connectivity index (χ0v) is 12.8. The van der Waals surface area contributed by atoms with Crippen molar-refractivity contribution in [3.05, 3.63) is 29.3 Å². The van der Waals surface area contributed by atoms with Gasteiger partial charge in [0.25, 0.3) is 0 Å². The Hall–Kier alpha value is -1.42. The van der Waals surface area contributed by atoms with Gasteiger partial charge in [-0.3, -0.25) is 0 Å². The number of likely N-dealkylation sites (tertiary alicyclic amines) is 1. The molecule has 0 unspecified atom stereocenters. The lowest BCUT2D eigenvalue weighted by molar-refractivity contribution is 0.102. The molecule has 1 spiro atoms. The molecule has 1 aromatic carbocycles. The van der Waals surface area contributed by atoms with Crippen molar-refractivity contribution in [2.75, 3.05) is 32.1 Å². The van der Waals surface area contributed by atoms with E-state index in [9.17, 15) is 4.79 Å². The van der Waals surface area contributed by atoms with Crippen LogP contribution in [0.1, 0.15) is 24.0 Å². The van der Waals surface area contributed by atoms with Gasteiger partial charge in [-0.05, 0) is 31.4 Å². The average molecular weight is 297 g/mol. The lowest BCUT2D eigenvalue weighted by Gasteiger charge is -2.38. The van der Waals surface area contributed by atoms with Gasteiger partial charge in [0.15, 0.2) is 0 Å². The summed E-state index contributed by atoms with van der Waals surface area (Å²) in [6.45, 7) is 4.68. The molecule has 0 radical (unpaired) electrons. The fourth-order valence-corrected chi connectivity index (χ4v) is 3.30. The first-order valence-electron chi connectivity index (χ1n) is 6.82. The maximum absolute atomic E-state index is 11.6. The molecule has 2 aliphatic heterocycles. The molecule has 4 nitrogen and oxygen atoms in total. The van der Waals surface area contributed by atoms with Crippen molar-refractivity contribution in [2.45, 2.75) is 25.2 Å². The van der Waals surface area contributed by atoms with E-state index in [1.54, 1.807) is 4.90 Å². The summed E-state index contributed by atoms with van der Waals surface area (Å²) in [5, 5.41) is 3.51. The minimum absolute atomic E-state index is 0. The summed E-state index contributed by atoms with van der Waals surface area (Å²) in [5.74, 6) is 0. The number of hydrogen-bond donors (Lipinski definition) is 1. The first kappa shape index (κ1) is 15.0. The minimum atomic E-state index is -0.203. The third kappa shape index (κ3) is 2.33. The standard InChI is InChI=1S/C15H20N2O2.ClH/c1-11-3-4-13-12(9-11)15(10-16-13)5-7-17(8-6-15)14(18)19-2;/h3-4,9,16H,5-8,10H2,1-2H3;1H. The summed E-state index contributed by atoms with van der Waals surface area (Å²) in [6.07, 6.45) is 1.81. The molecule has 1 aromatic rings. The highest BCUT2D eigenvalue weighted by Crippen LogP contribution is 2.44. The van der Waals surface area contributed by atoms with Crippen LogP contribution in [0.4, 0.5) is 10.5 Å². The smallest absolute Gasteiger partial charge is 0.409 e. The molecule has 0 aromatic heterocycles. The Labute approximate surface area is 125 Å². The lowest BCUT2D eigenvalue weighted by Crippen LogP contribution is -2.46. The third-order valence-corrected chi connectivity index (χ3v) is 4.52. The molecule has 5 heteroatoms. The number of fused-ring (bicyclic) bond motifs is 2. The number of nitrogens with zero attached hydrogens (tertiary/aromatic N) is 1. The van der Waals surface area contributed by atoms with E-state index in [-0.39, 0.29) is 23.9 Å². The van der Waals surface area contributed by atoms with Gasteiger partial charge in [-0.25, -0.2) is 4.79 Å². The molecule has 20 heavy (non-hydrogen) atoms. The molecule has 1 saturated heterocycles. The van der Waals surface area contributed by atoms with Gasteiger partial charge in [-0.2, -0.15) is 0 Å². The number of rotatable bonds is 0. The van der Waals surface area contributed by atoms with Gasteiger partial charge in [-0.1, -0.05) is 17.7 Å². The monoisotopic (exact) mass is 296 g/mol. The molecular formula is C15H21ClN2O2. The molecule has 1 amide bonds. The Morgan fingerprint density at radius 2 is 2.05 bits per heavy atom. The second kappa shape index (κ2) is 5.52. The molecule has 1 N–H and O–H groups in total. The summed E-state index contributed by atoms with van der Waals surface area (Å²) < 4.78 is 4.80. The first-order chi connectivity index (χ1) is 9.14. The number of nitrogens with one attached hydrogen (secondary N) is 1. The van der Waals surface area contributed by atoms with Crippen LogP contribution < -0.4 is 5.32 Å². The molecule has 3 rings (SSSR count). The predicted octanol–water partition coefficient (Wildman–Crippen LogP) is 2.94. The van der Waals surface area contributed by atoms with Gasteiger partial charge in [0.2, 0.25) is 0 Å². The van der Waals surface area contributed by atoms with Gasteiger partial charge in [0, 0.05) is 30.7 Å². The quantitative estimate of drug-likeness (QED) is 0.800. The van der Waals surface area contributed by atoms with Crippen molar-refractivity contribution < 1.29 is 9.53 Å². The molecule has 1 fully saturated rings. The maximum Gasteiger partial charge on any atom is 0.409 e. The summed E-state index contributed by atoms with van der Waals surface area (Å²) >= 11 is 0. The maximum atomic E-state index is 11.6. The summed E-state index contributed by atoms with van der Waals surface area (Å²) in [6, 6.07) is 6.61. The average Bonchev–Trinajstić information content (AvgIpc) is 2.77. The van der Waals surface area contributed by atoms with E-state index in [1.165, 1.54) is 23.9 Å². The number of benzene rings is 1. The van der Waals surface area contributed by atoms with Crippen molar-refractivity contribution in [3.63, 3.8) is 0 Å². The highest BCUT2D eigenvalue weighted by atomic mass is 35.5. The number of carbonyl (C=O) groups is 1. The minimum Gasteiger partial charge on any atom is -0.453 e. The van der Waals surface area contributed by atoms with Crippen molar-refractivity contribution in [3.8, 4) is 0 Å². The summed E-state index contributed by atoms with van der Waals surface area (Å²) in [4.78, 5) is 13.4. The number of ether oxygens (including phenoxy) is 1. The van der Waals surface area contributed by atoms with Crippen LogP contribution in [0.25, 0.3) is 0 Å². The van der Waals surface area contributed by atoms with Crippen molar-refractivity contribution in [1.29, 1.82) is 0 Å². The topological polar surface area (TPSA) is 41.6 Å². The summed E-state index contributed by atoms with van der Waals surface area (Å²) in [7, 11) is 1.45. The Balaban J connectivity index is 0.00000147. The molecule has 110 valence electrons. The van der Waals surface area contributed by atoms with Gasteiger partial charge in [-0.15, -0.1) is 12.4 Å². The Kier molecular flexibility index (Phi) is 4.14. The molecule has 2 heterocycles. The first-order valence-corrected chi connectivity index (χ1v) is 6.82. The van der Waals surface area contributed by atoms with E-state index in [4.69, 9.17) is 4.74 Å². The van der Waals surface area contributed by atoms with Crippen LogP contribution in [-0.2, 0) is 10.2 Å². The third-order valence-electron chi connectivity index (χ3n) is 4.52. The second-order valence-corrected chi connectivity index (χ2v) is 5.64. The van der Waals surface area contributed by atoms with Gasteiger partial charge in [0.05, 0.1) is 7.11 Å². The summed E-state index contributed by atoms with van der Waals surface area (Å²) in [5.41, 5.74) is 4.19. The number of anilines is 1. The van der Waals surface area contributed by atoms with E-state index in [1.807, 2.05) is 0 Å². The van der Waals surface area contributed by atoms with Crippen molar-refractivity contribution in [1.82, 2.24) is 4.90 Å². The predicted molar refractivity (Wildman–Crippen MR) is 81.8 cm³/mol. The van der Waals surface area contributed by atoms with E-state index >= 15 is 0 Å². The molecule has 0 bridgehead atoms. The van der Waals surface area contributed by atoms with E-state index in [0.29, 0.717) is 0 Å². The zero-order chi connectivity index (χ0) is 13.5. The molecular weight excluding hydrogens is 276 g/mol. The van der Waals surface area contributed by atoms with Crippen LogP contribution in [0.5, 0.6) is 0 Å². The fraction of sp³-hybridized carbons (Fsp3) is 0.533. The zero-order valence-electron chi connectivity index (χ0n) is 11.9. The van der Waals surface area contributed by atoms with Gasteiger partial charge in [0.1, 0.15) is 0 Å². The Bertz CT molecular complexity index is 511. The molecule has 0 aliphatic carbocycles. The number of carbonyl (C=O) groups excluding carboxylic acids is 1. The number of halogens is 1. The van der Waals surface area contributed by atoms with Crippen LogP contribution in [0.2, 0.25) is 0 Å². The number of amides is 1. The van der Waals surface area contributed by atoms with E-state index in [0.717, 1.165) is 32.5 Å². The highest BCUT2D eigenvalue weighted by Gasteiger charge is 2.42. The van der Waals surface area contributed by atoms with Crippen LogP contribution in [-0.4, -0.2) is 37.7 Å². The number of piperidine rings is 1. The lowest BCUT2D eigenvalue weighted by atomic mass is 9.74. The highest BCUT2D eigenvalue weighted by molar-refractivity contribution is 5.85. The van der Waals surface area contributed by atoms with E-state index < -0.39 is 0 Å². The van der Waals surface area contributed by atoms with Crippen molar-refractivity contribution in [2.24, 2.45) is 0 Å². The van der Waals surface area contributed by atoms with Gasteiger partial charge >= 0.3 is 6.09 Å². The number of hydrogen-bond acceptors (Lipinski definition) is 3. The second-order valence-electron chi connectivity index (χ2n) is 5.64. The SMILES string of the molecule is COC(=O)N1CCC2(CC1)CNc1ccc(C)cc12.Cl. The van der Waals surface area contributed by atoms with Gasteiger partial charge < -0.3 is 15.0 Å². The van der Waals surface area contributed by atoms with Crippen LogP contribution >= 0.6 is 12.4 Å². The van der Waals surface area contributed by atoms with E-state index in [2.05, 4.69) is 30.4 Å². The normalized spacial score (nSPS) is 19.0. The Morgan fingerprint density at radius 1 is 1.35 bits per heavy atom. The molecule has 2 aliphatic rings. The van der Waals surface area contributed by atoms with Crippen LogP contribution in [0.3, 0.4) is 0 Å². The van der Waals surface area contributed by atoms with Crippen LogP contribution in [0.15, 0.2) is 18.2 Å². The number of aryl methyl sites for hydroxylation is 1.